The molecule has 1 heterocycles. The van der Waals surface area contributed by atoms with Crippen LogP contribution in [0.15, 0.2) is 18.3 Å². The van der Waals surface area contributed by atoms with Crippen molar-refractivity contribution in [3.8, 4) is 5.75 Å². The summed E-state index contributed by atoms with van der Waals surface area (Å²) in [5.41, 5.74) is 0. The minimum atomic E-state index is -2.94. The number of aromatic nitrogens is 1. The summed E-state index contributed by atoms with van der Waals surface area (Å²) in [7, 11) is -2.01. The molecule has 3 N–H and O–H groups in total. The number of nitrogens with one attached hydrogen (secondary N) is 1. The zero-order valence-electron chi connectivity index (χ0n) is 9.01. The second-order valence-corrected chi connectivity index (χ2v) is 3.83. The maximum absolute atomic E-state index is 12.6. The first-order valence-corrected chi connectivity index (χ1v) is 5.06. The van der Waals surface area contributed by atoms with Gasteiger partial charge in [0.25, 0.3) is 5.92 Å². The predicted molar refractivity (Wildman–Crippen MR) is 56.7 cm³/mol. The number of rotatable bonds is 4. The van der Waals surface area contributed by atoms with Gasteiger partial charge in [0.15, 0.2) is 0 Å². The third-order valence-corrected chi connectivity index (χ3v) is 2.37. The van der Waals surface area contributed by atoms with Crippen molar-refractivity contribution in [3.63, 3.8) is 0 Å². The number of alkyl halides is 2. The molecule has 18 heavy (non-hydrogen) atoms. The number of hydrogen-bond acceptors (Lipinski definition) is 5. The van der Waals surface area contributed by atoms with E-state index in [4.69, 9.17) is 10.0 Å². The number of nitrogens with zero attached hydrogens (tertiary/aromatic N) is 1. The molecule has 1 saturated carbocycles. The van der Waals surface area contributed by atoms with Crippen molar-refractivity contribution < 1.29 is 28.3 Å². The van der Waals surface area contributed by atoms with Crippen LogP contribution >= 0.6 is 0 Å². The van der Waals surface area contributed by atoms with Crippen LogP contribution in [0.4, 0.5) is 14.6 Å². The molecule has 1 fully saturated rings. The SMILES string of the molecule is O=C(Nc1cc(OB(O)O)ccn1)C1CC1(F)F. The number of amides is 1. The highest BCUT2D eigenvalue weighted by atomic mass is 19.3. The smallest absolute Gasteiger partial charge is 0.512 e. The first-order chi connectivity index (χ1) is 8.38. The van der Waals surface area contributed by atoms with E-state index in [1.54, 1.807) is 0 Å². The van der Waals surface area contributed by atoms with Crippen LogP contribution in [0.2, 0.25) is 0 Å². The molecular weight excluding hydrogens is 249 g/mol. The normalized spacial score (nSPS) is 20.1. The summed E-state index contributed by atoms with van der Waals surface area (Å²) in [4.78, 5) is 15.1. The fourth-order valence-electron chi connectivity index (χ4n) is 1.39. The van der Waals surface area contributed by atoms with Crippen molar-refractivity contribution in [2.75, 3.05) is 5.32 Å². The fourth-order valence-corrected chi connectivity index (χ4v) is 1.39. The van der Waals surface area contributed by atoms with E-state index in [0.29, 0.717) is 0 Å². The lowest BCUT2D eigenvalue weighted by atomic mass is 10.2. The Hall–Kier alpha value is -1.74. The van der Waals surface area contributed by atoms with Crippen LogP contribution in [0.3, 0.4) is 0 Å². The third-order valence-electron chi connectivity index (χ3n) is 2.37. The summed E-state index contributed by atoms with van der Waals surface area (Å²) in [6.07, 6.45) is 0.767. The average molecular weight is 258 g/mol. The maximum atomic E-state index is 12.6. The lowest BCUT2D eigenvalue weighted by Crippen LogP contribution is -2.21. The highest BCUT2D eigenvalue weighted by Crippen LogP contribution is 2.49. The Balaban J connectivity index is 1.99. The Morgan fingerprint density at radius 2 is 2.28 bits per heavy atom. The highest BCUT2D eigenvalue weighted by molar-refractivity contribution is 6.33. The van der Waals surface area contributed by atoms with Crippen molar-refractivity contribution in [2.45, 2.75) is 12.3 Å². The van der Waals surface area contributed by atoms with E-state index < -0.39 is 31.5 Å². The standard InChI is InChI=1S/C9H9BF2N2O4/c11-9(12)4-6(9)8(15)14-7-3-5(1-2-13-7)18-10(16)17/h1-3,6,16-17H,4H2,(H,13,14,15). The Bertz CT molecular complexity index is 472. The van der Waals surface area contributed by atoms with Crippen LogP contribution in [-0.2, 0) is 4.79 Å². The predicted octanol–water partition coefficient (Wildman–Crippen LogP) is 0.0236. The van der Waals surface area contributed by atoms with Crippen LogP contribution < -0.4 is 9.97 Å². The van der Waals surface area contributed by atoms with Gasteiger partial charge in [-0.15, -0.1) is 0 Å². The molecule has 1 atom stereocenters. The molecule has 0 aliphatic heterocycles. The quantitative estimate of drug-likeness (QED) is 0.662. The zero-order chi connectivity index (χ0) is 13.3. The van der Waals surface area contributed by atoms with Crippen LogP contribution in [0, 0.1) is 5.92 Å². The molecule has 9 heteroatoms. The number of hydrogen-bond donors (Lipinski definition) is 3. The van der Waals surface area contributed by atoms with Gasteiger partial charge in [-0.3, -0.25) is 4.79 Å². The number of anilines is 1. The van der Waals surface area contributed by atoms with Crippen molar-refractivity contribution >= 4 is 19.0 Å². The molecule has 6 nitrogen and oxygen atoms in total. The number of carbonyl (C=O) groups is 1. The van der Waals surface area contributed by atoms with Crippen LogP contribution in [0.25, 0.3) is 0 Å². The molecule has 1 aromatic rings. The molecule has 0 bridgehead atoms. The molecule has 1 aliphatic rings. The Morgan fingerprint density at radius 1 is 1.61 bits per heavy atom. The van der Waals surface area contributed by atoms with Gasteiger partial charge in [-0.2, -0.15) is 0 Å². The highest BCUT2D eigenvalue weighted by Gasteiger charge is 2.61. The molecule has 2 rings (SSSR count). The van der Waals surface area contributed by atoms with Crippen molar-refractivity contribution in [1.29, 1.82) is 0 Å². The third kappa shape index (κ3) is 2.93. The first kappa shape index (κ1) is 12.7. The second-order valence-electron chi connectivity index (χ2n) is 3.83. The van der Waals surface area contributed by atoms with E-state index >= 15 is 0 Å². The lowest BCUT2D eigenvalue weighted by molar-refractivity contribution is -0.119. The Morgan fingerprint density at radius 3 is 2.83 bits per heavy atom. The van der Waals surface area contributed by atoms with Crippen LogP contribution in [0.1, 0.15) is 6.42 Å². The van der Waals surface area contributed by atoms with Crippen molar-refractivity contribution in [1.82, 2.24) is 4.98 Å². The topological polar surface area (TPSA) is 91.7 Å². The average Bonchev–Trinajstić information content (AvgIpc) is 2.87. The van der Waals surface area contributed by atoms with Gasteiger partial charge in [-0.05, 0) is 6.07 Å². The van der Waals surface area contributed by atoms with Gasteiger partial charge in [0, 0.05) is 18.7 Å². The van der Waals surface area contributed by atoms with Gasteiger partial charge in [0.1, 0.15) is 17.5 Å². The van der Waals surface area contributed by atoms with Gasteiger partial charge >= 0.3 is 7.32 Å². The molecule has 1 aliphatic carbocycles. The largest absolute Gasteiger partial charge is 0.707 e. The molecule has 1 aromatic heterocycles. The van der Waals surface area contributed by atoms with Crippen molar-refractivity contribution in [2.24, 2.45) is 5.92 Å². The van der Waals surface area contributed by atoms with Crippen LogP contribution in [-0.4, -0.2) is 34.2 Å². The molecule has 0 aromatic carbocycles. The van der Waals surface area contributed by atoms with E-state index in [1.165, 1.54) is 18.3 Å². The fraction of sp³-hybridized carbons (Fsp3) is 0.333. The maximum Gasteiger partial charge on any atom is 0.707 e. The zero-order valence-corrected chi connectivity index (χ0v) is 9.01. The molecule has 0 radical (unpaired) electrons. The minimum absolute atomic E-state index is 0.000787. The van der Waals surface area contributed by atoms with E-state index in [1.807, 2.05) is 0 Å². The second kappa shape index (κ2) is 4.50. The van der Waals surface area contributed by atoms with E-state index in [-0.39, 0.29) is 11.6 Å². The number of carbonyl (C=O) groups excluding carboxylic acids is 1. The lowest BCUT2D eigenvalue weighted by Gasteiger charge is -2.07. The Labute approximate surface area is 101 Å². The van der Waals surface area contributed by atoms with Gasteiger partial charge in [-0.25, -0.2) is 13.8 Å². The number of halogens is 2. The summed E-state index contributed by atoms with van der Waals surface area (Å²) >= 11 is 0. The van der Waals surface area contributed by atoms with Gasteiger partial charge in [-0.1, -0.05) is 0 Å². The van der Waals surface area contributed by atoms with Gasteiger partial charge < -0.3 is 20.0 Å². The molecular formula is C9H9BF2N2O4. The molecule has 96 valence electrons. The molecule has 1 amide bonds. The van der Waals surface area contributed by atoms with E-state index in [9.17, 15) is 13.6 Å². The monoisotopic (exact) mass is 258 g/mol. The molecule has 0 saturated heterocycles. The first-order valence-electron chi connectivity index (χ1n) is 5.06. The summed E-state index contributed by atoms with van der Waals surface area (Å²) in [5.74, 6) is -5.06. The molecule has 1 unspecified atom stereocenters. The summed E-state index contributed by atoms with van der Waals surface area (Å²) in [6.45, 7) is 0. The number of pyridine rings is 1. The Kier molecular flexibility index (Phi) is 3.18. The van der Waals surface area contributed by atoms with Crippen molar-refractivity contribution in [3.05, 3.63) is 18.3 Å². The minimum Gasteiger partial charge on any atom is -0.512 e. The summed E-state index contributed by atoms with van der Waals surface area (Å²) in [5, 5.41) is 19.3. The van der Waals surface area contributed by atoms with E-state index in [2.05, 4.69) is 15.0 Å². The summed E-state index contributed by atoms with van der Waals surface area (Å²) in [6, 6.07) is 2.51. The van der Waals surface area contributed by atoms with Gasteiger partial charge in [0.05, 0.1) is 0 Å². The van der Waals surface area contributed by atoms with E-state index in [0.717, 1.165) is 0 Å². The summed E-state index contributed by atoms with van der Waals surface area (Å²) < 4.78 is 29.8. The van der Waals surface area contributed by atoms with Gasteiger partial charge in [0.2, 0.25) is 5.91 Å². The van der Waals surface area contributed by atoms with Crippen LogP contribution in [0.5, 0.6) is 5.75 Å². The molecule has 0 spiro atoms.